The topological polar surface area (TPSA) is 87.5 Å². The van der Waals surface area contributed by atoms with Crippen LogP contribution in [0.15, 0.2) is 54.9 Å². The molecule has 0 spiro atoms. The molecule has 0 N–H and O–H groups in total. The van der Waals surface area contributed by atoms with Gasteiger partial charge in [-0.3, -0.25) is 4.79 Å². The van der Waals surface area contributed by atoms with Crippen molar-refractivity contribution in [1.82, 2.24) is 9.55 Å². The van der Waals surface area contributed by atoms with Crippen LogP contribution < -0.4 is 0 Å². The molecule has 0 radical (unpaired) electrons. The number of hydrogen-bond acceptors (Lipinski definition) is 6. The fraction of sp³-hybridized carbons (Fsp3) is 0.143. The largest absolute Gasteiger partial charge is 0.464 e. The van der Waals surface area contributed by atoms with Crippen molar-refractivity contribution >= 4 is 29.3 Å². The lowest BCUT2D eigenvalue weighted by molar-refractivity contribution is 0.0544. The summed E-state index contributed by atoms with van der Waals surface area (Å²) in [6.07, 6.45) is 1.37. The van der Waals surface area contributed by atoms with E-state index in [1.165, 1.54) is 25.1 Å². The molecule has 148 valence electrons. The van der Waals surface area contributed by atoms with Crippen LogP contribution in [0.1, 0.15) is 42.5 Å². The van der Waals surface area contributed by atoms with E-state index in [0.29, 0.717) is 16.1 Å². The van der Waals surface area contributed by atoms with Gasteiger partial charge in [0.15, 0.2) is 17.2 Å². The standard InChI is InChI=1S/C21H17ClN2O5/c1-28-20(26)17-18(21(27)29-2)24(12-23-17)11-13-3-5-14(6-4-13)19(25)15-7-9-16(22)10-8-15/h3-10,12H,11H2,1-2H3. The molecule has 0 aliphatic heterocycles. The number of carbonyl (C=O) groups excluding carboxylic acids is 3. The van der Waals surface area contributed by atoms with Gasteiger partial charge in [0.2, 0.25) is 0 Å². The van der Waals surface area contributed by atoms with E-state index >= 15 is 0 Å². The molecule has 3 aromatic rings. The van der Waals surface area contributed by atoms with E-state index in [9.17, 15) is 14.4 Å². The van der Waals surface area contributed by atoms with Gasteiger partial charge in [-0.05, 0) is 29.8 Å². The molecule has 2 aromatic carbocycles. The molecule has 1 aromatic heterocycles. The number of methoxy groups -OCH3 is 2. The van der Waals surface area contributed by atoms with Crippen molar-refractivity contribution in [3.8, 4) is 0 Å². The van der Waals surface area contributed by atoms with Gasteiger partial charge in [0.25, 0.3) is 0 Å². The molecular weight excluding hydrogens is 396 g/mol. The quantitative estimate of drug-likeness (QED) is 0.455. The van der Waals surface area contributed by atoms with Gasteiger partial charge in [-0.1, -0.05) is 35.9 Å². The second-order valence-corrected chi connectivity index (χ2v) is 6.52. The fourth-order valence-corrected chi connectivity index (χ4v) is 2.91. The lowest BCUT2D eigenvalue weighted by atomic mass is 10.0. The normalized spacial score (nSPS) is 10.4. The molecule has 0 saturated carbocycles. The second-order valence-electron chi connectivity index (χ2n) is 6.09. The van der Waals surface area contributed by atoms with Crippen molar-refractivity contribution in [2.45, 2.75) is 6.54 Å². The Morgan fingerprint density at radius 1 is 0.897 bits per heavy atom. The Balaban J connectivity index is 1.84. The summed E-state index contributed by atoms with van der Waals surface area (Å²) < 4.78 is 10.9. The Morgan fingerprint density at radius 2 is 1.45 bits per heavy atom. The first-order valence-corrected chi connectivity index (χ1v) is 8.93. The summed E-state index contributed by atoms with van der Waals surface area (Å²) in [6.45, 7) is 0.254. The third kappa shape index (κ3) is 4.35. The zero-order chi connectivity index (χ0) is 21.0. The van der Waals surface area contributed by atoms with Crippen LogP contribution in [-0.2, 0) is 16.0 Å². The number of carbonyl (C=O) groups is 3. The number of aromatic nitrogens is 2. The van der Waals surface area contributed by atoms with Crippen LogP contribution in [0.25, 0.3) is 0 Å². The molecule has 0 saturated heterocycles. The minimum atomic E-state index is -0.729. The fourth-order valence-electron chi connectivity index (χ4n) is 2.79. The summed E-state index contributed by atoms with van der Waals surface area (Å²) in [5, 5.41) is 0.560. The number of benzene rings is 2. The summed E-state index contributed by atoms with van der Waals surface area (Å²) >= 11 is 5.86. The first kappa shape index (κ1) is 20.3. The van der Waals surface area contributed by atoms with Crippen LogP contribution in [0, 0.1) is 0 Å². The Kier molecular flexibility index (Phi) is 6.09. The number of halogens is 1. The highest BCUT2D eigenvalue weighted by Gasteiger charge is 2.25. The van der Waals surface area contributed by atoms with Gasteiger partial charge < -0.3 is 14.0 Å². The summed E-state index contributed by atoms with van der Waals surface area (Å²) in [4.78, 5) is 40.5. The molecule has 0 aliphatic carbocycles. The minimum Gasteiger partial charge on any atom is -0.464 e. The summed E-state index contributed by atoms with van der Waals surface area (Å²) in [6, 6.07) is 13.6. The molecule has 29 heavy (non-hydrogen) atoms. The molecule has 0 atom stereocenters. The van der Waals surface area contributed by atoms with E-state index < -0.39 is 11.9 Å². The third-order valence-electron chi connectivity index (χ3n) is 4.27. The van der Waals surface area contributed by atoms with Crippen LogP contribution >= 0.6 is 11.6 Å². The second kappa shape index (κ2) is 8.70. The van der Waals surface area contributed by atoms with Crippen molar-refractivity contribution in [2.75, 3.05) is 14.2 Å². The predicted molar refractivity (Wildman–Crippen MR) is 105 cm³/mol. The van der Waals surface area contributed by atoms with Crippen molar-refractivity contribution in [1.29, 1.82) is 0 Å². The van der Waals surface area contributed by atoms with Crippen LogP contribution in [0.3, 0.4) is 0 Å². The molecule has 3 rings (SSSR count). The molecule has 8 heteroatoms. The maximum Gasteiger partial charge on any atom is 0.359 e. The minimum absolute atomic E-state index is 0.000618. The van der Waals surface area contributed by atoms with Crippen LogP contribution in [-0.4, -0.2) is 41.5 Å². The van der Waals surface area contributed by atoms with Crippen LogP contribution in [0.5, 0.6) is 0 Å². The van der Waals surface area contributed by atoms with Gasteiger partial charge in [0.05, 0.1) is 20.5 Å². The van der Waals surface area contributed by atoms with Gasteiger partial charge in [-0.25, -0.2) is 14.6 Å². The Hall–Kier alpha value is -3.45. The highest BCUT2D eigenvalue weighted by Crippen LogP contribution is 2.17. The SMILES string of the molecule is COC(=O)c1ncn(Cc2ccc(C(=O)c3ccc(Cl)cc3)cc2)c1C(=O)OC. The van der Waals surface area contributed by atoms with Crippen molar-refractivity contribution in [2.24, 2.45) is 0 Å². The average Bonchev–Trinajstić information content (AvgIpc) is 3.16. The molecule has 7 nitrogen and oxygen atoms in total. The molecule has 0 aliphatic rings. The van der Waals surface area contributed by atoms with Gasteiger partial charge in [-0.2, -0.15) is 0 Å². The lowest BCUT2D eigenvalue weighted by Gasteiger charge is -2.09. The zero-order valence-electron chi connectivity index (χ0n) is 15.7. The van der Waals surface area contributed by atoms with Crippen molar-refractivity contribution < 1.29 is 23.9 Å². The van der Waals surface area contributed by atoms with E-state index in [1.807, 2.05) is 0 Å². The Labute approximate surface area is 171 Å². The molecular formula is C21H17ClN2O5. The predicted octanol–water partition coefficient (Wildman–Crippen LogP) is 3.39. The van der Waals surface area contributed by atoms with E-state index in [4.69, 9.17) is 16.3 Å². The van der Waals surface area contributed by atoms with Crippen LogP contribution in [0.2, 0.25) is 5.02 Å². The summed E-state index contributed by atoms with van der Waals surface area (Å²) in [7, 11) is 2.43. The van der Waals surface area contributed by atoms with Gasteiger partial charge in [0.1, 0.15) is 0 Å². The van der Waals surface area contributed by atoms with Gasteiger partial charge in [-0.15, -0.1) is 0 Å². The van der Waals surface area contributed by atoms with Crippen molar-refractivity contribution in [3.05, 3.63) is 88.0 Å². The number of nitrogens with zero attached hydrogens (tertiary/aromatic N) is 2. The van der Waals surface area contributed by atoms with Crippen molar-refractivity contribution in [3.63, 3.8) is 0 Å². The van der Waals surface area contributed by atoms with Gasteiger partial charge in [0, 0.05) is 22.7 Å². The number of rotatable bonds is 6. The first-order valence-electron chi connectivity index (χ1n) is 8.55. The summed E-state index contributed by atoms with van der Waals surface area (Å²) in [5.41, 5.74) is 1.74. The van der Waals surface area contributed by atoms with E-state index in [-0.39, 0.29) is 23.7 Å². The molecule has 0 fully saturated rings. The number of imidazole rings is 1. The van der Waals surface area contributed by atoms with E-state index in [2.05, 4.69) is 9.72 Å². The first-order chi connectivity index (χ1) is 13.9. The monoisotopic (exact) mass is 412 g/mol. The lowest BCUT2D eigenvalue weighted by Crippen LogP contribution is -2.16. The smallest absolute Gasteiger partial charge is 0.359 e. The number of esters is 2. The Bertz CT molecular complexity index is 1060. The Morgan fingerprint density at radius 3 is 2.00 bits per heavy atom. The number of ketones is 1. The molecule has 0 unspecified atom stereocenters. The maximum atomic E-state index is 12.5. The van der Waals surface area contributed by atoms with Crippen LogP contribution in [0.4, 0.5) is 0 Å². The molecule has 0 bridgehead atoms. The number of hydrogen-bond donors (Lipinski definition) is 0. The molecule has 1 heterocycles. The third-order valence-corrected chi connectivity index (χ3v) is 4.52. The van der Waals surface area contributed by atoms with E-state index in [1.54, 1.807) is 48.5 Å². The average molecular weight is 413 g/mol. The highest BCUT2D eigenvalue weighted by atomic mass is 35.5. The van der Waals surface area contributed by atoms with Gasteiger partial charge >= 0.3 is 11.9 Å². The maximum absolute atomic E-state index is 12.5. The number of ether oxygens (including phenoxy) is 2. The highest BCUT2D eigenvalue weighted by molar-refractivity contribution is 6.30. The van der Waals surface area contributed by atoms with E-state index in [0.717, 1.165) is 5.56 Å². The summed E-state index contributed by atoms with van der Waals surface area (Å²) in [5.74, 6) is -1.55. The molecule has 0 amide bonds. The zero-order valence-corrected chi connectivity index (χ0v) is 16.5.